The van der Waals surface area contributed by atoms with Gasteiger partial charge in [0.25, 0.3) is 0 Å². The number of nitrogens with zero attached hydrogens (tertiary/aromatic N) is 2. The molecule has 0 aliphatic carbocycles. The van der Waals surface area contributed by atoms with E-state index in [0.717, 1.165) is 16.9 Å². The average molecular weight is 381 g/mol. The predicted molar refractivity (Wildman–Crippen MR) is 106 cm³/mol. The fourth-order valence-electron chi connectivity index (χ4n) is 2.25. The van der Waals surface area contributed by atoms with Gasteiger partial charge in [0.2, 0.25) is 5.13 Å². The summed E-state index contributed by atoms with van der Waals surface area (Å²) in [5.74, 6) is 0.458. The van der Waals surface area contributed by atoms with E-state index < -0.39 is 0 Å². The van der Waals surface area contributed by atoms with E-state index in [2.05, 4.69) is 20.2 Å². The second-order valence-corrected chi connectivity index (χ2v) is 6.47. The van der Waals surface area contributed by atoms with Gasteiger partial charge in [-0.3, -0.25) is 10.2 Å². The minimum absolute atomic E-state index is 0.152. The van der Waals surface area contributed by atoms with Gasteiger partial charge < -0.3 is 9.47 Å². The quantitative estimate of drug-likeness (QED) is 0.364. The molecule has 0 aliphatic heterocycles. The molecule has 1 aromatic heterocycles. The molecule has 0 unspecified atom stereocenters. The summed E-state index contributed by atoms with van der Waals surface area (Å²) < 4.78 is 10.4. The Kier molecular flexibility index (Phi) is 6.54. The molecule has 1 N–H and O–H groups in total. The van der Waals surface area contributed by atoms with E-state index in [9.17, 15) is 4.79 Å². The van der Waals surface area contributed by atoms with Gasteiger partial charge in [-0.2, -0.15) is 5.10 Å². The number of esters is 1. The Balaban J connectivity index is 1.54. The van der Waals surface area contributed by atoms with E-state index >= 15 is 0 Å². The van der Waals surface area contributed by atoms with Crippen LogP contribution >= 0.6 is 11.3 Å². The number of aromatic nitrogens is 1. The first kappa shape index (κ1) is 18.6. The number of thiazole rings is 1. The monoisotopic (exact) mass is 381 g/mol. The maximum absolute atomic E-state index is 11.2. The largest absolute Gasteiger partial charge is 0.489 e. The highest BCUT2D eigenvalue weighted by molar-refractivity contribution is 7.13. The van der Waals surface area contributed by atoms with E-state index in [1.54, 1.807) is 11.6 Å². The predicted octanol–water partition coefficient (Wildman–Crippen LogP) is 3.88. The van der Waals surface area contributed by atoms with Gasteiger partial charge in [-0.25, -0.2) is 4.98 Å². The van der Waals surface area contributed by atoms with E-state index in [4.69, 9.17) is 4.74 Å². The summed E-state index contributed by atoms with van der Waals surface area (Å²) in [6.45, 7) is 0.516. The summed E-state index contributed by atoms with van der Waals surface area (Å²) in [6, 6.07) is 17.7. The smallest absolute Gasteiger partial charge is 0.311 e. The number of carbonyl (C=O) groups is 1. The third-order valence-electron chi connectivity index (χ3n) is 3.59. The zero-order valence-corrected chi connectivity index (χ0v) is 15.6. The zero-order chi connectivity index (χ0) is 18.9. The van der Waals surface area contributed by atoms with Crippen molar-refractivity contribution < 1.29 is 14.3 Å². The van der Waals surface area contributed by atoms with E-state index in [-0.39, 0.29) is 12.4 Å². The molecule has 1 heterocycles. The Morgan fingerprint density at radius 2 is 2.07 bits per heavy atom. The van der Waals surface area contributed by atoms with Crippen LogP contribution in [0.1, 0.15) is 16.8 Å². The second-order valence-electron chi connectivity index (χ2n) is 5.61. The number of benzene rings is 2. The Labute approximate surface area is 161 Å². The van der Waals surface area contributed by atoms with Gasteiger partial charge in [0.05, 0.1) is 25.4 Å². The molecule has 0 saturated carbocycles. The van der Waals surface area contributed by atoms with Crippen LogP contribution in [-0.4, -0.2) is 24.3 Å². The molecular weight excluding hydrogens is 362 g/mol. The molecule has 27 heavy (non-hydrogen) atoms. The lowest BCUT2D eigenvalue weighted by atomic mass is 10.2. The lowest BCUT2D eigenvalue weighted by molar-refractivity contribution is -0.139. The molecule has 0 saturated heterocycles. The van der Waals surface area contributed by atoms with Crippen LogP contribution < -0.4 is 10.2 Å². The maximum Gasteiger partial charge on any atom is 0.311 e. The number of nitrogens with one attached hydrogen (secondary N) is 1. The molecule has 0 radical (unpaired) electrons. The van der Waals surface area contributed by atoms with E-state index in [1.165, 1.54) is 18.4 Å². The second kappa shape index (κ2) is 9.49. The van der Waals surface area contributed by atoms with Crippen molar-refractivity contribution in [2.24, 2.45) is 5.10 Å². The van der Waals surface area contributed by atoms with Crippen molar-refractivity contribution in [1.29, 1.82) is 0 Å². The molecule has 0 fully saturated rings. The van der Waals surface area contributed by atoms with Gasteiger partial charge in [-0.1, -0.05) is 42.5 Å². The topological polar surface area (TPSA) is 72.8 Å². The minimum atomic E-state index is -0.317. The van der Waals surface area contributed by atoms with Crippen molar-refractivity contribution in [2.75, 3.05) is 12.5 Å². The van der Waals surface area contributed by atoms with Crippen LogP contribution in [-0.2, 0) is 22.6 Å². The van der Waals surface area contributed by atoms with Crippen LogP contribution in [0.2, 0.25) is 0 Å². The summed E-state index contributed by atoms with van der Waals surface area (Å²) >= 11 is 1.38. The van der Waals surface area contributed by atoms with Crippen LogP contribution in [0.3, 0.4) is 0 Å². The number of methoxy groups -OCH3 is 1. The molecular formula is C20H19N3O3S. The number of carbonyl (C=O) groups excluding carboxylic acids is 1. The summed E-state index contributed by atoms with van der Waals surface area (Å²) in [6.07, 6.45) is 1.84. The first-order valence-corrected chi connectivity index (χ1v) is 9.18. The minimum Gasteiger partial charge on any atom is -0.489 e. The Hall–Kier alpha value is -3.19. The van der Waals surface area contributed by atoms with Gasteiger partial charge >= 0.3 is 5.97 Å². The average Bonchev–Trinajstić information content (AvgIpc) is 3.14. The number of hydrazone groups is 1. The highest BCUT2D eigenvalue weighted by Gasteiger charge is 2.07. The molecule has 0 amide bonds. The van der Waals surface area contributed by atoms with Crippen molar-refractivity contribution in [3.63, 3.8) is 0 Å². The lowest BCUT2D eigenvalue weighted by Gasteiger charge is -2.06. The Morgan fingerprint density at radius 1 is 1.22 bits per heavy atom. The van der Waals surface area contributed by atoms with E-state index in [0.29, 0.717) is 17.4 Å². The molecule has 3 aromatic rings. The lowest BCUT2D eigenvalue weighted by Crippen LogP contribution is -2.04. The number of ether oxygens (including phenoxy) is 2. The van der Waals surface area contributed by atoms with Gasteiger partial charge in [-0.15, -0.1) is 11.3 Å². The SMILES string of the molecule is COC(=O)Cc1csc(N/N=C\c2cccc(OCc3ccccc3)c2)n1. The summed E-state index contributed by atoms with van der Waals surface area (Å²) in [5, 5.41) is 6.60. The first-order valence-electron chi connectivity index (χ1n) is 8.30. The van der Waals surface area contributed by atoms with Crippen LogP contribution in [0.15, 0.2) is 65.1 Å². The first-order chi connectivity index (χ1) is 13.2. The van der Waals surface area contributed by atoms with Crippen LogP contribution in [0.4, 0.5) is 5.13 Å². The Morgan fingerprint density at radius 3 is 2.89 bits per heavy atom. The van der Waals surface area contributed by atoms with E-state index in [1.807, 2.05) is 54.6 Å². The molecule has 0 spiro atoms. The van der Waals surface area contributed by atoms with Gasteiger partial charge in [0.1, 0.15) is 12.4 Å². The zero-order valence-electron chi connectivity index (χ0n) is 14.8. The molecule has 138 valence electrons. The normalized spacial score (nSPS) is 10.7. The highest BCUT2D eigenvalue weighted by atomic mass is 32.1. The molecule has 0 bridgehead atoms. The summed E-state index contributed by atoms with van der Waals surface area (Å²) in [5.41, 5.74) is 5.54. The number of anilines is 1. The van der Waals surface area contributed by atoms with Gasteiger partial charge in [0, 0.05) is 5.38 Å². The summed E-state index contributed by atoms with van der Waals surface area (Å²) in [4.78, 5) is 15.5. The molecule has 0 aliphatic rings. The fourth-order valence-corrected chi connectivity index (χ4v) is 2.91. The van der Waals surface area contributed by atoms with Crippen molar-refractivity contribution >= 4 is 28.7 Å². The van der Waals surface area contributed by atoms with Crippen LogP contribution in [0.25, 0.3) is 0 Å². The van der Waals surface area contributed by atoms with Crippen LogP contribution in [0, 0.1) is 0 Å². The standard InChI is InChI=1S/C20H19N3O3S/c1-25-19(24)11-17-14-27-20(22-17)23-21-12-16-8-5-9-18(10-16)26-13-15-6-3-2-4-7-15/h2-10,12,14H,11,13H2,1H3,(H,22,23)/b21-12-. The molecule has 2 aromatic carbocycles. The Bertz CT molecular complexity index is 910. The fraction of sp³-hybridized carbons (Fsp3) is 0.150. The maximum atomic E-state index is 11.2. The van der Waals surface area contributed by atoms with Crippen molar-refractivity contribution in [1.82, 2.24) is 4.98 Å². The van der Waals surface area contributed by atoms with Crippen molar-refractivity contribution in [2.45, 2.75) is 13.0 Å². The summed E-state index contributed by atoms with van der Waals surface area (Å²) in [7, 11) is 1.36. The highest BCUT2D eigenvalue weighted by Crippen LogP contribution is 2.17. The van der Waals surface area contributed by atoms with Gasteiger partial charge in [0.15, 0.2) is 0 Å². The van der Waals surface area contributed by atoms with Crippen LogP contribution in [0.5, 0.6) is 5.75 Å². The number of hydrogen-bond acceptors (Lipinski definition) is 7. The molecule has 3 rings (SSSR count). The third-order valence-corrected chi connectivity index (χ3v) is 4.38. The molecule has 6 nitrogen and oxygen atoms in total. The van der Waals surface area contributed by atoms with Gasteiger partial charge in [-0.05, 0) is 23.3 Å². The molecule has 7 heteroatoms. The van der Waals surface area contributed by atoms with Crippen molar-refractivity contribution in [3.05, 3.63) is 76.8 Å². The molecule has 0 atom stereocenters. The number of hydrogen-bond donors (Lipinski definition) is 1. The van der Waals surface area contributed by atoms with Crippen molar-refractivity contribution in [3.8, 4) is 5.75 Å². The number of rotatable bonds is 8. The third kappa shape index (κ3) is 5.93.